The maximum absolute atomic E-state index is 13.8. The fourth-order valence-corrected chi connectivity index (χ4v) is 3.89. The summed E-state index contributed by atoms with van der Waals surface area (Å²) in [7, 11) is 1.85. The number of nitrogens with zero attached hydrogens (tertiary/aromatic N) is 4. The fraction of sp³-hybridized carbons (Fsp3) is 0.100. The van der Waals surface area contributed by atoms with Gasteiger partial charge in [0, 0.05) is 53.6 Å². The predicted molar refractivity (Wildman–Crippen MR) is 111 cm³/mol. The Morgan fingerprint density at radius 2 is 2.07 bits per heavy atom. The molecular weight excluding hydrogens is 409 g/mol. The molecule has 0 saturated carbocycles. The molecule has 0 saturated heterocycles. The number of amides is 1. The largest absolute Gasteiger partial charge is 0.338 e. The number of non-ortho nitro benzene ring substituents is 1. The molecule has 0 fully saturated rings. The molecule has 2 aromatic carbocycles. The zero-order valence-corrected chi connectivity index (χ0v) is 16.6. The van der Waals surface area contributed by atoms with Crippen molar-refractivity contribution in [2.24, 2.45) is 7.05 Å². The number of hydrogen-bond donors (Lipinski definition) is 1. The summed E-state index contributed by atoms with van der Waals surface area (Å²) in [5.41, 5.74) is 1.03. The Labute approximate surface area is 174 Å². The number of nitro groups is 1. The molecule has 8 nitrogen and oxygen atoms in total. The van der Waals surface area contributed by atoms with Gasteiger partial charge in [-0.1, -0.05) is 0 Å². The van der Waals surface area contributed by atoms with Crippen LogP contribution in [0.25, 0.3) is 10.9 Å². The van der Waals surface area contributed by atoms with Crippen LogP contribution in [0.3, 0.4) is 0 Å². The third-order valence-electron chi connectivity index (χ3n) is 4.47. The van der Waals surface area contributed by atoms with E-state index in [2.05, 4.69) is 10.3 Å². The molecule has 0 spiro atoms. The topological polar surface area (TPSA) is 95.0 Å². The van der Waals surface area contributed by atoms with Crippen LogP contribution in [-0.4, -0.2) is 24.9 Å². The van der Waals surface area contributed by atoms with E-state index in [1.807, 2.05) is 11.6 Å². The van der Waals surface area contributed by atoms with E-state index in [4.69, 9.17) is 0 Å². The predicted octanol–water partition coefficient (Wildman–Crippen LogP) is 4.21. The van der Waals surface area contributed by atoms with Crippen LogP contribution in [0.5, 0.6) is 0 Å². The highest BCUT2D eigenvalue weighted by molar-refractivity contribution is 7.99. The fourth-order valence-electron chi connectivity index (χ4n) is 3.02. The molecule has 0 aliphatic heterocycles. The Hall–Kier alpha value is -3.66. The van der Waals surface area contributed by atoms with Gasteiger partial charge in [-0.2, -0.15) is 0 Å². The number of aryl methyl sites for hydroxylation is 1. The minimum Gasteiger partial charge on any atom is -0.338 e. The minimum atomic E-state index is -0.465. The standard InChI is InChI=1S/C20H16FN5O3S/c1-24-9-7-22-20(24)30-18-5-2-14(21)11-16(18)23-19(27)12-25-8-6-13-10-15(26(28)29)3-4-17(13)25/h2-11H,12H2,1H3,(H,23,27). The number of anilines is 1. The van der Waals surface area contributed by atoms with Crippen LogP contribution in [0.4, 0.5) is 15.8 Å². The molecule has 0 radical (unpaired) electrons. The molecule has 0 bridgehead atoms. The van der Waals surface area contributed by atoms with Crippen molar-refractivity contribution in [2.75, 3.05) is 5.32 Å². The highest BCUT2D eigenvalue weighted by Crippen LogP contribution is 2.33. The monoisotopic (exact) mass is 425 g/mol. The Morgan fingerprint density at radius 3 is 2.80 bits per heavy atom. The minimum absolute atomic E-state index is 0.0135. The zero-order valence-electron chi connectivity index (χ0n) is 15.8. The third kappa shape index (κ3) is 4.03. The molecular formula is C20H16FN5O3S. The average Bonchev–Trinajstić information content (AvgIpc) is 3.29. The summed E-state index contributed by atoms with van der Waals surface area (Å²) in [6.45, 7) is -0.0235. The van der Waals surface area contributed by atoms with E-state index in [-0.39, 0.29) is 18.1 Å². The normalized spacial score (nSPS) is 11.0. The summed E-state index contributed by atoms with van der Waals surface area (Å²) in [6.07, 6.45) is 5.14. The second-order valence-electron chi connectivity index (χ2n) is 6.56. The molecule has 0 atom stereocenters. The molecule has 0 aliphatic carbocycles. The number of rotatable bonds is 6. The van der Waals surface area contributed by atoms with Crippen LogP contribution in [0, 0.1) is 15.9 Å². The van der Waals surface area contributed by atoms with Crippen LogP contribution in [0.1, 0.15) is 0 Å². The quantitative estimate of drug-likeness (QED) is 0.369. The first-order valence-electron chi connectivity index (χ1n) is 8.88. The summed E-state index contributed by atoms with van der Waals surface area (Å²) in [5, 5.41) is 15.0. The van der Waals surface area contributed by atoms with E-state index in [1.54, 1.807) is 41.4 Å². The Balaban J connectivity index is 1.54. The smallest absolute Gasteiger partial charge is 0.270 e. The van der Waals surface area contributed by atoms with Crippen LogP contribution in [0.2, 0.25) is 0 Å². The maximum atomic E-state index is 13.8. The second-order valence-corrected chi connectivity index (χ2v) is 7.56. The Morgan fingerprint density at radius 1 is 1.23 bits per heavy atom. The second kappa shape index (κ2) is 7.99. The van der Waals surface area contributed by atoms with Gasteiger partial charge in [-0.3, -0.25) is 14.9 Å². The van der Waals surface area contributed by atoms with Crippen molar-refractivity contribution < 1.29 is 14.1 Å². The van der Waals surface area contributed by atoms with Crippen LogP contribution in [-0.2, 0) is 18.4 Å². The summed E-state index contributed by atoms with van der Waals surface area (Å²) >= 11 is 1.31. The third-order valence-corrected chi connectivity index (χ3v) is 5.63. The van der Waals surface area contributed by atoms with Gasteiger partial charge in [0.15, 0.2) is 5.16 Å². The number of benzene rings is 2. The lowest BCUT2D eigenvalue weighted by Gasteiger charge is -2.12. The van der Waals surface area contributed by atoms with Crippen molar-refractivity contribution in [2.45, 2.75) is 16.6 Å². The van der Waals surface area contributed by atoms with Gasteiger partial charge in [-0.25, -0.2) is 9.37 Å². The van der Waals surface area contributed by atoms with Crippen LogP contribution >= 0.6 is 11.8 Å². The van der Waals surface area contributed by atoms with Crippen molar-refractivity contribution in [3.05, 3.63) is 77.0 Å². The van der Waals surface area contributed by atoms with E-state index in [0.717, 1.165) is 0 Å². The van der Waals surface area contributed by atoms with Gasteiger partial charge in [0.05, 0.1) is 10.6 Å². The number of fused-ring (bicyclic) bond motifs is 1. The van der Waals surface area contributed by atoms with E-state index in [9.17, 15) is 19.3 Å². The Bertz CT molecular complexity index is 1270. The van der Waals surface area contributed by atoms with E-state index < -0.39 is 10.7 Å². The highest BCUT2D eigenvalue weighted by atomic mass is 32.2. The number of hydrogen-bond acceptors (Lipinski definition) is 5. The van der Waals surface area contributed by atoms with Crippen LogP contribution in [0.15, 0.2) is 71.1 Å². The number of aromatic nitrogens is 3. The van der Waals surface area contributed by atoms with Crippen molar-refractivity contribution >= 4 is 39.9 Å². The van der Waals surface area contributed by atoms with Crippen molar-refractivity contribution in [1.82, 2.24) is 14.1 Å². The van der Waals surface area contributed by atoms with Gasteiger partial charge in [0.2, 0.25) is 5.91 Å². The van der Waals surface area contributed by atoms with Gasteiger partial charge in [-0.15, -0.1) is 0 Å². The van der Waals surface area contributed by atoms with Gasteiger partial charge in [0.1, 0.15) is 12.4 Å². The average molecular weight is 425 g/mol. The summed E-state index contributed by atoms with van der Waals surface area (Å²) in [6, 6.07) is 10.3. The first kappa shape index (κ1) is 19.6. The lowest BCUT2D eigenvalue weighted by molar-refractivity contribution is -0.384. The molecule has 30 heavy (non-hydrogen) atoms. The van der Waals surface area contributed by atoms with Gasteiger partial charge in [0.25, 0.3) is 5.69 Å². The van der Waals surface area contributed by atoms with E-state index in [0.29, 0.717) is 26.6 Å². The number of imidazole rings is 1. The summed E-state index contributed by atoms with van der Waals surface area (Å²) in [4.78, 5) is 28.0. The lowest BCUT2D eigenvalue weighted by Crippen LogP contribution is -2.18. The van der Waals surface area contributed by atoms with Crippen molar-refractivity contribution in [1.29, 1.82) is 0 Å². The zero-order chi connectivity index (χ0) is 21.3. The molecule has 10 heteroatoms. The molecule has 4 rings (SSSR count). The maximum Gasteiger partial charge on any atom is 0.270 e. The van der Waals surface area contributed by atoms with Crippen molar-refractivity contribution in [3.63, 3.8) is 0 Å². The van der Waals surface area contributed by atoms with E-state index >= 15 is 0 Å². The lowest BCUT2D eigenvalue weighted by atomic mass is 10.2. The van der Waals surface area contributed by atoms with Gasteiger partial charge >= 0.3 is 0 Å². The van der Waals surface area contributed by atoms with Gasteiger partial charge < -0.3 is 14.5 Å². The molecule has 2 heterocycles. The summed E-state index contributed by atoms with van der Waals surface area (Å²) in [5.74, 6) is -0.814. The first-order chi connectivity index (χ1) is 14.4. The molecule has 4 aromatic rings. The molecule has 1 amide bonds. The number of carbonyl (C=O) groups is 1. The van der Waals surface area contributed by atoms with Gasteiger partial charge in [-0.05, 0) is 42.1 Å². The SMILES string of the molecule is Cn1ccnc1Sc1ccc(F)cc1NC(=O)Cn1ccc2cc([N+](=O)[O-])ccc21. The first-order valence-corrected chi connectivity index (χ1v) is 9.70. The molecule has 0 unspecified atom stereocenters. The number of carbonyl (C=O) groups excluding carboxylic acids is 1. The summed E-state index contributed by atoms with van der Waals surface area (Å²) < 4.78 is 17.3. The highest BCUT2D eigenvalue weighted by Gasteiger charge is 2.14. The van der Waals surface area contributed by atoms with Crippen molar-refractivity contribution in [3.8, 4) is 0 Å². The molecule has 0 aliphatic rings. The molecule has 2 aromatic heterocycles. The molecule has 1 N–H and O–H groups in total. The number of nitrogens with one attached hydrogen (secondary N) is 1. The number of halogens is 1. The molecule has 152 valence electrons. The Kier molecular flexibility index (Phi) is 5.23. The van der Waals surface area contributed by atoms with Crippen LogP contribution < -0.4 is 5.32 Å². The van der Waals surface area contributed by atoms with E-state index in [1.165, 1.54) is 36.0 Å². The number of nitro benzene ring substituents is 1.